The molecule has 9 nitrogen and oxygen atoms in total. The van der Waals surface area contributed by atoms with Crippen molar-refractivity contribution in [1.82, 2.24) is 29.7 Å². The lowest BCUT2D eigenvalue weighted by molar-refractivity contribution is -0.135. The molecule has 4 rings (SSSR count). The Bertz CT molecular complexity index is 775. The number of nitrogens with two attached hydrogens (primary N) is 1. The molecule has 2 aromatic rings. The maximum Gasteiger partial charge on any atom is 0.239 e. The molecule has 2 aromatic heterocycles. The van der Waals surface area contributed by atoms with Gasteiger partial charge in [0.2, 0.25) is 11.9 Å². The Kier molecular flexibility index (Phi) is 4.16. The number of fused-ring (bicyclic) bond motifs is 1. The number of rotatable bonds is 2. The molecule has 2 aliphatic heterocycles. The molecular formula is C16H24N8O. The summed E-state index contributed by atoms with van der Waals surface area (Å²) < 4.78 is 0. The first kappa shape index (κ1) is 16.1. The lowest BCUT2D eigenvalue weighted by atomic mass is 10.2. The first-order valence-corrected chi connectivity index (χ1v) is 8.84. The molecule has 2 aliphatic rings. The van der Waals surface area contributed by atoms with Gasteiger partial charge in [-0.1, -0.05) is 0 Å². The topological polar surface area (TPSA) is 107 Å². The number of likely N-dealkylation sites (N-methyl/N-ethyl adjacent to an activating group) is 1. The average molecular weight is 344 g/mol. The van der Waals surface area contributed by atoms with E-state index < -0.39 is 0 Å². The Labute approximate surface area is 146 Å². The fourth-order valence-corrected chi connectivity index (χ4v) is 3.85. The number of H-pyrrole nitrogens is 1. The number of nitrogens with zero attached hydrogens (tertiary/aromatic N) is 6. The van der Waals surface area contributed by atoms with E-state index in [0.29, 0.717) is 12.2 Å². The number of amides is 1. The predicted molar refractivity (Wildman–Crippen MR) is 95.2 cm³/mol. The van der Waals surface area contributed by atoms with Crippen LogP contribution in [0.15, 0.2) is 6.33 Å². The minimum Gasteiger partial charge on any atom is -0.368 e. The lowest BCUT2D eigenvalue weighted by Gasteiger charge is -2.27. The summed E-state index contributed by atoms with van der Waals surface area (Å²) >= 11 is 0. The molecule has 0 aliphatic carbocycles. The SMILES string of the molecule is CN1CCC[C@H]1C(=O)N1CCCN(c2nc(N)nc3nc[nH]c23)CC1. The number of nitrogen functional groups attached to an aromatic ring is 1. The average Bonchev–Trinajstić information content (AvgIpc) is 3.15. The third-order valence-electron chi connectivity index (χ3n) is 5.20. The minimum absolute atomic E-state index is 0.0422. The normalized spacial score (nSPS) is 22.5. The molecule has 0 radical (unpaired) electrons. The largest absolute Gasteiger partial charge is 0.368 e. The molecule has 25 heavy (non-hydrogen) atoms. The summed E-state index contributed by atoms with van der Waals surface area (Å²) in [7, 11) is 2.04. The van der Waals surface area contributed by atoms with Crippen LogP contribution in [0.5, 0.6) is 0 Å². The third-order valence-corrected chi connectivity index (χ3v) is 5.20. The molecule has 1 atom stereocenters. The number of aromatic nitrogens is 4. The number of likely N-dealkylation sites (tertiary alicyclic amines) is 1. The van der Waals surface area contributed by atoms with Gasteiger partial charge in [0.15, 0.2) is 11.5 Å². The zero-order chi connectivity index (χ0) is 17.4. The summed E-state index contributed by atoms with van der Waals surface area (Å²) in [5, 5.41) is 0. The Balaban J connectivity index is 1.51. The lowest BCUT2D eigenvalue weighted by Crippen LogP contribution is -2.45. The second kappa shape index (κ2) is 6.47. The number of hydrogen-bond acceptors (Lipinski definition) is 7. The maximum absolute atomic E-state index is 12.8. The fraction of sp³-hybridized carbons (Fsp3) is 0.625. The highest BCUT2D eigenvalue weighted by molar-refractivity contribution is 5.84. The quantitative estimate of drug-likeness (QED) is 0.793. The first-order chi connectivity index (χ1) is 12.1. The van der Waals surface area contributed by atoms with E-state index in [2.05, 4.69) is 29.7 Å². The monoisotopic (exact) mass is 344 g/mol. The summed E-state index contributed by atoms with van der Waals surface area (Å²) in [6.45, 7) is 4.05. The van der Waals surface area contributed by atoms with E-state index in [1.54, 1.807) is 6.33 Å². The summed E-state index contributed by atoms with van der Waals surface area (Å²) in [5.41, 5.74) is 7.20. The molecular weight excluding hydrogens is 320 g/mol. The predicted octanol–water partition coefficient (Wildman–Crippen LogP) is 0.0680. The molecule has 0 spiro atoms. The van der Waals surface area contributed by atoms with Crippen molar-refractivity contribution in [3.8, 4) is 0 Å². The van der Waals surface area contributed by atoms with Crippen molar-refractivity contribution in [3.05, 3.63) is 6.33 Å². The molecule has 2 fully saturated rings. The van der Waals surface area contributed by atoms with Crippen LogP contribution in [0.2, 0.25) is 0 Å². The molecule has 1 amide bonds. The van der Waals surface area contributed by atoms with Crippen LogP contribution in [0.1, 0.15) is 19.3 Å². The van der Waals surface area contributed by atoms with Crippen molar-refractivity contribution in [2.24, 2.45) is 0 Å². The van der Waals surface area contributed by atoms with Crippen LogP contribution in [-0.2, 0) is 4.79 Å². The molecule has 0 bridgehead atoms. The van der Waals surface area contributed by atoms with Gasteiger partial charge in [-0.2, -0.15) is 9.97 Å². The van der Waals surface area contributed by atoms with Crippen molar-refractivity contribution >= 4 is 28.8 Å². The highest BCUT2D eigenvalue weighted by atomic mass is 16.2. The number of carbonyl (C=O) groups is 1. The van der Waals surface area contributed by atoms with E-state index in [4.69, 9.17) is 5.73 Å². The highest BCUT2D eigenvalue weighted by Gasteiger charge is 2.32. The van der Waals surface area contributed by atoms with Gasteiger partial charge in [0.1, 0.15) is 5.52 Å². The van der Waals surface area contributed by atoms with Gasteiger partial charge in [-0.3, -0.25) is 9.69 Å². The number of hydrogen-bond donors (Lipinski definition) is 2. The van der Waals surface area contributed by atoms with Crippen molar-refractivity contribution in [3.63, 3.8) is 0 Å². The first-order valence-electron chi connectivity index (χ1n) is 8.84. The number of imidazole rings is 1. The van der Waals surface area contributed by atoms with Crippen LogP contribution in [0, 0.1) is 0 Å². The van der Waals surface area contributed by atoms with Gasteiger partial charge in [0, 0.05) is 26.2 Å². The van der Waals surface area contributed by atoms with Crippen LogP contribution in [-0.4, -0.2) is 81.5 Å². The number of anilines is 2. The van der Waals surface area contributed by atoms with E-state index in [1.807, 2.05) is 11.9 Å². The summed E-state index contributed by atoms with van der Waals surface area (Å²) in [5.74, 6) is 1.25. The Morgan fingerprint density at radius 3 is 2.88 bits per heavy atom. The van der Waals surface area contributed by atoms with Gasteiger partial charge < -0.3 is 20.5 Å². The van der Waals surface area contributed by atoms with Gasteiger partial charge in [0.05, 0.1) is 12.4 Å². The van der Waals surface area contributed by atoms with Crippen LogP contribution in [0.3, 0.4) is 0 Å². The van der Waals surface area contributed by atoms with Crippen LogP contribution in [0.25, 0.3) is 11.2 Å². The van der Waals surface area contributed by atoms with Gasteiger partial charge in [0.25, 0.3) is 0 Å². The maximum atomic E-state index is 12.8. The highest BCUT2D eigenvalue weighted by Crippen LogP contribution is 2.24. The van der Waals surface area contributed by atoms with Gasteiger partial charge >= 0.3 is 0 Å². The van der Waals surface area contributed by atoms with Crippen molar-refractivity contribution < 1.29 is 4.79 Å². The zero-order valence-corrected chi connectivity index (χ0v) is 14.5. The second-order valence-electron chi connectivity index (χ2n) is 6.81. The Morgan fingerprint density at radius 2 is 2.08 bits per heavy atom. The van der Waals surface area contributed by atoms with E-state index in [1.165, 1.54) is 0 Å². The van der Waals surface area contributed by atoms with Crippen molar-refractivity contribution in [1.29, 1.82) is 0 Å². The number of carbonyl (C=O) groups excluding carboxylic acids is 1. The molecule has 0 unspecified atom stereocenters. The minimum atomic E-state index is 0.0422. The summed E-state index contributed by atoms with van der Waals surface area (Å²) in [6, 6.07) is 0.0422. The fourth-order valence-electron chi connectivity index (χ4n) is 3.85. The zero-order valence-electron chi connectivity index (χ0n) is 14.5. The molecule has 9 heteroatoms. The summed E-state index contributed by atoms with van der Waals surface area (Å²) in [4.78, 5) is 35.0. The van der Waals surface area contributed by atoms with Gasteiger partial charge in [-0.25, -0.2) is 4.98 Å². The van der Waals surface area contributed by atoms with Crippen LogP contribution < -0.4 is 10.6 Å². The molecule has 0 aromatic carbocycles. The number of nitrogens with one attached hydrogen (secondary N) is 1. The molecule has 134 valence electrons. The van der Waals surface area contributed by atoms with E-state index in [9.17, 15) is 4.79 Å². The smallest absolute Gasteiger partial charge is 0.239 e. The molecule has 2 saturated heterocycles. The van der Waals surface area contributed by atoms with E-state index >= 15 is 0 Å². The van der Waals surface area contributed by atoms with Gasteiger partial charge in [-0.05, 0) is 32.9 Å². The molecule has 0 saturated carbocycles. The van der Waals surface area contributed by atoms with E-state index in [0.717, 1.165) is 56.8 Å². The van der Waals surface area contributed by atoms with Crippen LogP contribution >= 0.6 is 0 Å². The second-order valence-corrected chi connectivity index (χ2v) is 6.81. The number of aromatic amines is 1. The molecule has 4 heterocycles. The Hall–Kier alpha value is -2.42. The third kappa shape index (κ3) is 2.99. The Morgan fingerprint density at radius 1 is 1.20 bits per heavy atom. The van der Waals surface area contributed by atoms with E-state index in [-0.39, 0.29) is 17.9 Å². The van der Waals surface area contributed by atoms with Crippen molar-refractivity contribution in [2.45, 2.75) is 25.3 Å². The summed E-state index contributed by atoms with van der Waals surface area (Å²) in [6.07, 6.45) is 4.57. The van der Waals surface area contributed by atoms with Gasteiger partial charge in [-0.15, -0.1) is 0 Å². The van der Waals surface area contributed by atoms with Crippen LogP contribution in [0.4, 0.5) is 11.8 Å². The van der Waals surface area contributed by atoms with Crippen molar-refractivity contribution in [2.75, 3.05) is 50.4 Å². The standard InChI is InChI=1S/C16H24N8O/c1-22-5-2-4-11(22)15(25)24-7-3-6-23(8-9-24)14-12-13(19-10-18-12)20-16(17)21-14/h10-11H,2-9H2,1H3,(H3,17,18,19,20,21)/t11-/m0/s1. The molecule has 3 N–H and O–H groups in total.